The van der Waals surface area contributed by atoms with E-state index in [0.717, 1.165) is 30.4 Å². The Morgan fingerprint density at radius 3 is 2.75 bits per heavy atom. The summed E-state index contributed by atoms with van der Waals surface area (Å²) in [5.74, 6) is 5.36. The number of nitrogens with two attached hydrogens (primary N) is 1. The normalized spacial score (nSPS) is 14.4. The smallest absolute Gasteiger partial charge is 0.251 e. The fourth-order valence-corrected chi connectivity index (χ4v) is 2.42. The van der Waals surface area contributed by atoms with E-state index in [4.69, 9.17) is 5.84 Å². The average Bonchev–Trinajstić information content (AvgIpc) is 3.27. The molecule has 1 aliphatic carbocycles. The highest BCUT2D eigenvalue weighted by Crippen LogP contribution is 2.25. The first-order chi connectivity index (χ1) is 9.65. The van der Waals surface area contributed by atoms with Crippen LogP contribution in [0.4, 0.5) is 5.69 Å². The van der Waals surface area contributed by atoms with Gasteiger partial charge in [-0.3, -0.25) is 15.5 Å². The topological polar surface area (TPSA) is 70.4 Å². The number of hydrogen-bond donors (Lipinski definition) is 3. The Balaban J connectivity index is 1.83. The molecule has 0 aromatic heterocycles. The molecule has 0 spiro atoms. The number of nitrogen functional groups attached to an aromatic ring is 1. The summed E-state index contributed by atoms with van der Waals surface area (Å²) >= 11 is 0. The summed E-state index contributed by atoms with van der Waals surface area (Å²) in [5.41, 5.74) is 5.09. The number of rotatable bonds is 7. The molecule has 1 amide bonds. The van der Waals surface area contributed by atoms with Crippen LogP contribution in [-0.2, 0) is 0 Å². The first-order valence-electron chi connectivity index (χ1n) is 7.25. The molecule has 110 valence electrons. The molecule has 0 unspecified atom stereocenters. The molecule has 5 nitrogen and oxygen atoms in total. The second-order valence-corrected chi connectivity index (χ2v) is 5.29. The maximum absolute atomic E-state index is 12.1. The zero-order valence-corrected chi connectivity index (χ0v) is 12.3. The summed E-state index contributed by atoms with van der Waals surface area (Å²) in [5, 5.41) is 2.98. The number of nitrogens with zero attached hydrogens (tertiary/aromatic N) is 1. The van der Waals surface area contributed by atoms with Crippen LogP contribution in [0.15, 0.2) is 18.2 Å². The van der Waals surface area contributed by atoms with Gasteiger partial charge in [-0.05, 0) is 50.1 Å². The Labute approximate surface area is 120 Å². The third kappa shape index (κ3) is 3.71. The van der Waals surface area contributed by atoms with Gasteiger partial charge in [0.25, 0.3) is 5.91 Å². The van der Waals surface area contributed by atoms with E-state index in [1.54, 1.807) is 6.07 Å². The Kier molecular flexibility index (Phi) is 4.98. The Morgan fingerprint density at radius 2 is 2.20 bits per heavy atom. The van der Waals surface area contributed by atoms with Crippen molar-refractivity contribution in [2.24, 2.45) is 5.84 Å². The van der Waals surface area contributed by atoms with E-state index < -0.39 is 0 Å². The predicted molar refractivity (Wildman–Crippen MR) is 81.6 cm³/mol. The average molecular weight is 276 g/mol. The molecule has 4 N–H and O–H groups in total. The fourth-order valence-electron chi connectivity index (χ4n) is 2.42. The summed E-state index contributed by atoms with van der Waals surface area (Å²) < 4.78 is 0. The SMILES string of the molecule is CCN(CCNC(=O)c1ccc(NN)c(C)c1)C1CC1. The van der Waals surface area contributed by atoms with Crippen LogP contribution in [0, 0.1) is 6.92 Å². The van der Waals surface area contributed by atoms with Crippen LogP contribution >= 0.6 is 0 Å². The highest BCUT2D eigenvalue weighted by molar-refractivity contribution is 5.94. The van der Waals surface area contributed by atoms with Crippen LogP contribution in [-0.4, -0.2) is 36.5 Å². The van der Waals surface area contributed by atoms with Crippen molar-refractivity contribution in [3.63, 3.8) is 0 Å². The van der Waals surface area contributed by atoms with Crippen LogP contribution in [0.3, 0.4) is 0 Å². The molecule has 1 aromatic rings. The maximum atomic E-state index is 12.1. The molecule has 0 aliphatic heterocycles. The van der Waals surface area contributed by atoms with E-state index >= 15 is 0 Å². The molecule has 1 fully saturated rings. The molecule has 1 aliphatic rings. The number of anilines is 1. The lowest BCUT2D eigenvalue weighted by molar-refractivity contribution is 0.0948. The Hall–Kier alpha value is -1.59. The Bertz CT molecular complexity index is 471. The fraction of sp³-hybridized carbons (Fsp3) is 0.533. The summed E-state index contributed by atoms with van der Waals surface area (Å²) in [6, 6.07) is 6.21. The second kappa shape index (κ2) is 6.72. The van der Waals surface area contributed by atoms with Gasteiger partial charge >= 0.3 is 0 Å². The molecule has 0 radical (unpaired) electrons. The van der Waals surface area contributed by atoms with Crippen LogP contribution in [0.2, 0.25) is 0 Å². The molecule has 20 heavy (non-hydrogen) atoms. The van der Waals surface area contributed by atoms with Crippen molar-refractivity contribution < 1.29 is 4.79 Å². The molecule has 2 rings (SSSR count). The van der Waals surface area contributed by atoms with Gasteiger partial charge in [0.15, 0.2) is 0 Å². The van der Waals surface area contributed by atoms with Gasteiger partial charge in [0, 0.05) is 24.7 Å². The van der Waals surface area contributed by atoms with Gasteiger partial charge in [-0.15, -0.1) is 0 Å². The number of amides is 1. The molecule has 0 bridgehead atoms. The van der Waals surface area contributed by atoms with Crippen molar-refractivity contribution in [3.8, 4) is 0 Å². The molecule has 1 saturated carbocycles. The molecule has 5 heteroatoms. The van der Waals surface area contributed by atoms with E-state index in [1.165, 1.54) is 12.8 Å². The van der Waals surface area contributed by atoms with Crippen molar-refractivity contribution in [3.05, 3.63) is 29.3 Å². The first-order valence-corrected chi connectivity index (χ1v) is 7.25. The lowest BCUT2D eigenvalue weighted by Crippen LogP contribution is -2.36. The second-order valence-electron chi connectivity index (χ2n) is 5.29. The number of benzene rings is 1. The van der Waals surface area contributed by atoms with Gasteiger partial charge in [-0.1, -0.05) is 6.92 Å². The monoisotopic (exact) mass is 276 g/mol. The molecule has 1 aromatic carbocycles. The maximum Gasteiger partial charge on any atom is 0.251 e. The molecule has 0 heterocycles. The Morgan fingerprint density at radius 1 is 1.45 bits per heavy atom. The van der Waals surface area contributed by atoms with Gasteiger partial charge < -0.3 is 10.7 Å². The number of hydrazine groups is 1. The van der Waals surface area contributed by atoms with E-state index in [-0.39, 0.29) is 5.91 Å². The van der Waals surface area contributed by atoms with Crippen molar-refractivity contribution in [1.82, 2.24) is 10.2 Å². The molecular weight excluding hydrogens is 252 g/mol. The summed E-state index contributed by atoms with van der Waals surface area (Å²) in [7, 11) is 0. The number of aryl methyl sites for hydroxylation is 1. The molecule has 0 atom stereocenters. The quantitative estimate of drug-likeness (QED) is 0.521. The third-order valence-corrected chi connectivity index (χ3v) is 3.80. The minimum absolute atomic E-state index is 0.0245. The van der Waals surface area contributed by atoms with E-state index in [2.05, 4.69) is 22.6 Å². The number of carbonyl (C=O) groups excluding carboxylic acids is 1. The predicted octanol–water partition coefficient (Wildman–Crippen LogP) is 1.49. The highest BCUT2D eigenvalue weighted by atomic mass is 16.1. The minimum atomic E-state index is -0.0245. The highest BCUT2D eigenvalue weighted by Gasteiger charge is 2.27. The van der Waals surface area contributed by atoms with E-state index in [0.29, 0.717) is 12.1 Å². The number of hydrogen-bond acceptors (Lipinski definition) is 4. The molecular formula is C15H24N4O. The minimum Gasteiger partial charge on any atom is -0.351 e. The molecule has 0 saturated heterocycles. The number of likely N-dealkylation sites (N-methyl/N-ethyl adjacent to an activating group) is 1. The zero-order valence-electron chi connectivity index (χ0n) is 12.3. The zero-order chi connectivity index (χ0) is 14.5. The van der Waals surface area contributed by atoms with Crippen molar-refractivity contribution in [2.75, 3.05) is 25.1 Å². The van der Waals surface area contributed by atoms with Gasteiger partial charge in [0.1, 0.15) is 0 Å². The van der Waals surface area contributed by atoms with Crippen LogP contribution < -0.4 is 16.6 Å². The lowest BCUT2D eigenvalue weighted by Gasteiger charge is -2.19. The van der Waals surface area contributed by atoms with Gasteiger partial charge in [-0.2, -0.15) is 0 Å². The number of nitrogens with one attached hydrogen (secondary N) is 2. The van der Waals surface area contributed by atoms with Gasteiger partial charge in [-0.25, -0.2) is 0 Å². The van der Waals surface area contributed by atoms with E-state index in [9.17, 15) is 4.79 Å². The van der Waals surface area contributed by atoms with Crippen molar-refractivity contribution in [1.29, 1.82) is 0 Å². The van der Waals surface area contributed by atoms with E-state index in [1.807, 2.05) is 19.1 Å². The third-order valence-electron chi connectivity index (χ3n) is 3.80. The van der Waals surface area contributed by atoms with Crippen molar-refractivity contribution in [2.45, 2.75) is 32.7 Å². The van der Waals surface area contributed by atoms with Gasteiger partial charge in [0.05, 0.1) is 5.69 Å². The largest absolute Gasteiger partial charge is 0.351 e. The standard InChI is InChI=1S/C15H24N4O/c1-3-19(13-5-6-13)9-8-17-15(20)12-4-7-14(18-16)11(2)10-12/h4,7,10,13,18H,3,5-6,8-9,16H2,1-2H3,(H,17,20). The first kappa shape index (κ1) is 14.8. The van der Waals surface area contributed by atoms with Crippen LogP contribution in [0.1, 0.15) is 35.7 Å². The van der Waals surface area contributed by atoms with Crippen molar-refractivity contribution >= 4 is 11.6 Å². The summed E-state index contributed by atoms with van der Waals surface area (Å²) in [4.78, 5) is 14.5. The van der Waals surface area contributed by atoms with Gasteiger partial charge in [0.2, 0.25) is 0 Å². The lowest BCUT2D eigenvalue weighted by atomic mass is 10.1. The van der Waals surface area contributed by atoms with Crippen LogP contribution in [0.5, 0.6) is 0 Å². The summed E-state index contributed by atoms with van der Waals surface area (Å²) in [6.45, 7) is 6.77. The number of carbonyl (C=O) groups is 1. The van der Waals surface area contributed by atoms with Crippen LogP contribution in [0.25, 0.3) is 0 Å². The summed E-state index contributed by atoms with van der Waals surface area (Å²) in [6.07, 6.45) is 2.60.